The van der Waals surface area contributed by atoms with E-state index in [1.165, 1.54) is 12.1 Å². The summed E-state index contributed by atoms with van der Waals surface area (Å²) in [5.41, 5.74) is 1.07. The molecular formula is C20H29FN2O3. The van der Waals surface area contributed by atoms with Gasteiger partial charge in [0.05, 0.1) is 19.3 Å². The largest absolute Gasteiger partial charge is 0.379 e. The fourth-order valence-electron chi connectivity index (χ4n) is 3.56. The number of carbonyl (C=O) groups excluding carboxylic acids is 1. The number of rotatable bonds is 6. The molecule has 0 N–H and O–H groups in total. The van der Waals surface area contributed by atoms with Crippen molar-refractivity contribution in [3.63, 3.8) is 0 Å². The van der Waals surface area contributed by atoms with Crippen LogP contribution in [0, 0.1) is 5.82 Å². The van der Waals surface area contributed by atoms with Crippen molar-refractivity contribution in [2.75, 3.05) is 52.5 Å². The van der Waals surface area contributed by atoms with Crippen LogP contribution in [-0.2, 0) is 20.7 Å². The second-order valence-electron chi connectivity index (χ2n) is 7.08. The monoisotopic (exact) mass is 364 g/mol. The van der Waals surface area contributed by atoms with Gasteiger partial charge in [-0.25, -0.2) is 4.39 Å². The fourth-order valence-corrected chi connectivity index (χ4v) is 3.56. The second kappa shape index (κ2) is 10.00. The van der Waals surface area contributed by atoms with Crippen molar-refractivity contribution in [3.05, 3.63) is 35.6 Å². The molecule has 0 aromatic heterocycles. The molecule has 0 aliphatic carbocycles. The van der Waals surface area contributed by atoms with Gasteiger partial charge >= 0.3 is 0 Å². The molecule has 0 saturated carbocycles. The number of hydrogen-bond acceptors (Lipinski definition) is 4. The highest BCUT2D eigenvalue weighted by Crippen LogP contribution is 2.13. The number of aryl methyl sites for hydroxylation is 1. The first-order valence-electron chi connectivity index (χ1n) is 9.64. The second-order valence-corrected chi connectivity index (χ2v) is 7.08. The maximum Gasteiger partial charge on any atom is 0.222 e. The van der Waals surface area contributed by atoms with E-state index in [2.05, 4.69) is 4.90 Å². The molecule has 2 aliphatic rings. The highest BCUT2D eigenvalue weighted by atomic mass is 19.1. The zero-order valence-electron chi connectivity index (χ0n) is 15.4. The normalized spacial score (nSPS) is 22.2. The molecule has 1 aromatic carbocycles. The lowest BCUT2D eigenvalue weighted by Crippen LogP contribution is -2.45. The highest BCUT2D eigenvalue weighted by Gasteiger charge is 2.24. The summed E-state index contributed by atoms with van der Waals surface area (Å²) in [6.07, 6.45) is 3.09. The van der Waals surface area contributed by atoms with Crippen molar-refractivity contribution in [1.82, 2.24) is 9.80 Å². The smallest absolute Gasteiger partial charge is 0.222 e. The topological polar surface area (TPSA) is 42.0 Å². The van der Waals surface area contributed by atoms with Crippen LogP contribution in [-0.4, -0.2) is 74.4 Å². The molecule has 144 valence electrons. The van der Waals surface area contributed by atoms with Crippen molar-refractivity contribution < 1.29 is 18.7 Å². The van der Waals surface area contributed by atoms with E-state index in [0.717, 1.165) is 64.2 Å². The molecule has 6 heteroatoms. The summed E-state index contributed by atoms with van der Waals surface area (Å²) in [5.74, 6) is -0.0229. The number of benzene rings is 1. The first kappa shape index (κ1) is 19.3. The van der Waals surface area contributed by atoms with E-state index >= 15 is 0 Å². The van der Waals surface area contributed by atoms with Crippen molar-refractivity contribution in [2.24, 2.45) is 0 Å². The van der Waals surface area contributed by atoms with Gasteiger partial charge in [-0.1, -0.05) is 12.1 Å². The molecule has 1 amide bonds. The van der Waals surface area contributed by atoms with Crippen LogP contribution in [0.4, 0.5) is 4.39 Å². The van der Waals surface area contributed by atoms with Crippen molar-refractivity contribution in [2.45, 2.75) is 31.8 Å². The Balaban J connectivity index is 1.43. The van der Waals surface area contributed by atoms with Crippen LogP contribution < -0.4 is 0 Å². The van der Waals surface area contributed by atoms with Crippen LogP contribution in [0.15, 0.2) is 24.3 Å². The van der Waals surface area contributed by atoms with E-state index in [4.69, 9.17) is 9.47 Å². The lowest BCUT2D eigenvalue weighted by Gasteiger charge is -2.31. The Kier molecular flexibility index (Phi) is 7.41. The Hall–Kier alpha value is -1.50. The van der Waals surface area contributed by atoms with Crippen LogP contribution in [0.25, 0.3) is 0 Å². The zero-order chi connectivity index (χ0) is 18.2. The molecule has 26 heavy (non-hydrogen) atoms. The van der Waals surface area contributed by atoms with Gasteiger partial charge in [-0.2, -0.15) is 0 Å². The van der Waals surface area contributed by atoms with E-state index in [1.54, 1.807) is 12.1 Å². The minimum atomic E-state index is -0.222. The van der Waals surface area contributed by atoms with E-state index in [1.807, 2.05) is 4.90 Å². The zero-order valence-corrected chi connectivity index (χ0v) is 15.4. The summed E-state index contributed by atoms with van der Waals surface area (Å²) in [5, 5.41) is 0. The van der Waals surface area contributed by atoms with Gasteiger partial charge in [0.25, 0.3) is 0 Å². The molecule has 2 aliphatic heterocycles. The van der Waals surface area contributed by atoms with Gasteiger partial charge in [-0.05, 0) is 37.0 Å². The van der Waals surface area contributed by atoms with E-state index in [-0.39, 0.29) is 17.8 Å². The van der Waals surface area contributed by atoms with Gasteiger partial charge in [-0.15, -0.1) is 0 Å². The van der Waals surface area contributed by atoms with Gasteiger partial charge in [0.15, 0.2) is 0 Å². The standard InChI is InChI=1S/C20H29FN2O3/c21-18-7-5-17(6-8-18)3-1-4-20(24)23-9-2-12-26-19(16-23)15-22-10-13-25-14-11-22/h5-8,19H,1-4,9-16H2/t19-/m1/s1. The molecule has 0 unspecified atom stereocenters. The van der Waals surface area contributed by atoms with Crippen molar-refractivity contribution in [1.29, 1.82) is 0 Å². The Morgan fingerprint density at radius 1 is 1.12 bits per heavy atom. The summed E-state index contributed by atoms with van der Waals surface area (Å²) in [4.78, 5) is 16.9. The van der Waals surface area contributed by atoms with Crippen LogP contribution in [0.5, 0.6) is 0 Å². The molecule has 2 saturated heterocycles. The van der Waals surface area contributed by atoms with Crippen LogP contribution in [0.3, 0.4) is 0 Å². The molecule has 0 spiro atoms. The summed E-state index contributed by atoms with van der Waals surface area (Å²) in [7, 11) is 0. The number of hydrogen-bond donors (Lipinski definition) is 0. The molecule has 0 bridgehead atoms. The summed E-state index contributed by atoms with van der Waals surface area (Å²) in [6.45, 7) is 6.45. The predicted octanol–water partition coefficient (Wildman–Crippen LogP) is 2.10. The van der Waals surface area contributed by atoms with Gasteiger partial charge in [0, 0.05) is 45.8 Å². The first-order valence-corrected chi connectivity index (χ1v) is 9.64. The van der Waals surface area contributed by atoms with E-state index < -0.39 is 0 Å². The third-order valence-electron chi connectivity index (χ3n) is 5.04. The third-order valence-corrected chi connectivity index (χ3v) is 5.04. The average Bonchev–Trinajstić information content (AvgIpc) is 2.90. The molecule has 3 rings (SSSR count). The van der Waals surface area contributed by atoms with Gasteiger partial charge < -0.3 is 14.4 Å². The predicted molar refractivity (Wildman–Crippen MR) is 97.5 cm³/mol. The maximum atomic E-state index is 12.9. The van der Waals surface area contributed by atoms with E-state index in [0.29, 0.717) is 19.6 Å². The summed E-state index contributed by atoms with van der Waals surface area (Å²) < 4.78 is 24.3. The van der Waals surface area contributed by atoms with Gasteiger partial charge in [0.1, 0.15) is 5.82 Å². The third kappa shape index (κ3) is 6.04. The Morgan fingerprint density at radius 2 is 1.88 bits per heavy atom. The number of morpholine rings is 1. The minimum absolute atomic E-state index is 0.0802. The maximum absolute atomic E-state index is 12.9. The summed E-state index contributed by atoms with van der Waals surface area (Å²) in [6, 6.07) is 6.52. The number of carbonyl (C=O) groups is 1. The number of amides is 1. The van der Waals surface area contributed by atoms with Gasteiger partial charge in [0.2, 0.25) is 5.91 Å². The van der Waals surface area contributed by atoms with Crippen LogP contribution >= 0.6 is 0 Å². The fraction of sp³-hybridized carbons (Fsp3) is 0.650. The van der Waals surface area contributed by atoms with E-state index in [9.17, 15) is 9.18 Å². The minimum Gasteiger partial charge on any atom is -0.379 e. The Bertz CT molecular complexity index is 561. The SMILES string of the molecule is O=C(CCCc1ccc(F)cc1)N1CCCO[C@H](CN2CCOCC2)C1. The molecular weight excluding hydrogens is 335 g/mol. The molecule has 5 nitrogen and oxygen atoms in total. The van der Waals surface area contributed by atoms with Crippen LogP contribution in [0.2, 0.25) is 0 Å². The summed E-state index contributed by atoms with van der Waals surface area (Å²) >= 11 is 0. The molecule has 2 fully saturated rings. The first-order chi connectivity index (χ1) is 12.7. The lowest BCUT2D eigenvalue weighted by atomic mass is 10.1. The van der Waals surface area contributed by atoms with Crippen molar-refractivity contribution in [3.8, 4) is 0 Å². The number of halogens is 1. The molecule has 1 aromatic rings. The van der Waals surface area contributed by atoms with Gasteiger partial charge in [-0.3, -0.25) is 9.69 Å². The highest BCUT2D eigenvalue weighted by molar-refractivity contribution is 5.76. The molecule has 2 heterocycles. The Labute approximate surface area is 155 Å². The lowest BCUT2D eigenvalue weighted by molar-refractivity contribution is -0.132. The van der Waals surface area contributed by atoms with Crippen molar-refractivity contribution >= 4 is 5.91 Å². The quantitative estimate of drug-likeness (QED) is 0.775. The number of ether oxygens (including phenoxy) is 2. The molecule has 1 atom stereocenters. The average molecular weight is 364 g/mol. The van der Waals surface area contributed by atoms with Crippen LogP contribution in [0.1, 0.15) is 24.8 Å². The Morgan fingerprint density at radius 3 is 2.65 bits per heavy atom. The molecule has 0 radical (unpaired) electrons. The number of nitrogens with zero attached hydrogens (tertiary/aromatic N) is 2.